The molecule has 0 saturated carbocycles. The zero-order valence-corrected chi connectivity index (χ0v) is 19.4. The number of carbonyl (C=O) groups is 1. The number of allylic oxidation sites excluding steroid dienone is 1. The third-order valence-corrected chi connectivity index (χ3v) is 6.87. The topological polar surface area (TPSA) is 60.7 Å². The Morgan fingerprint density at radius 2 is 1.97 bits per heavy atom. The van der Waals surface area contributed by atoms with Crippen molar-refractivity contribution in [3.8, 4) is 0 Å². The minimum Gasteiger partial charge on any atom is -0.463 e. The first-order valence-electron chi connectivity index (χ1n) is 10.0. The molecule has 0 aliphatic carbocycles. The van der Waals surface area contributed by atoms with Crippen molar-refractivity contribution in [2.75, 3.05) is 12.9 Å². The van der Waals surface area contributed by atoms with Gasteiger partial charge in [-0.05, 0) is 49.9 Å². The van der Waals surface area contributed by atoms with Gasteiger partial charge in [-0.1, -0.05) is 41.7 Å². The van der Waals surface area contributed by atoms with Gasteiger partial charge in [-0.25, -0.2) is 14.2 Å². The first-order valence-corrected chi connectivity index (χ1v) is 12.1. The Bertz CT molecular complexity index is 1390. The number of nitrogens with zero attached hydrogens (tertiary/aromatic N) is 2. The first-order chi connectivity index (χ1) is 15.4. The molecule has 8 heteroatoms. The van der Waals surface area contributed by atoms with E-state index in [1.165, 1.54) is 28.0 Å². The number of thiazole rings is 1. The molecule has 3 aromatic rings. The van der Waals surface area contributed by atoms with Crippen LogP contribution in [0, 0.1) is 5.82 Å². The zero-order chi connectivity index (χ0) is 22.8. The van der Waals surface area contributed by atoms with E-state index in [1.807, 2.05) is 30.5 Å². The molecule has 0 fully saturated rings. The molecule has 0 saturated heterocycles. The highest BCUT2D eigenvalue weighted by molar-refractivity contribution is 7.98. The molecule has 0 N–H and O–H groups in total. The van der Waals surface area contributed by atoms with Gasteiger partial charge in [0.2, 0.25) is 0 Å². The maximum absolute atomic E-state index is 14.2. The van der Waals surface area contributed by atoms with E-state index in [-0.39, 0.29) is 12.2 Å². The number of ether oxygens (including phenoxy) is 1. The lowest BCUT2D eigenvalue weighted by molar-refractivity contribution is -0.139. The second-order valence-corrected chi connectivity index (χ2v) is 8.99. The summed E-state index contributed by atoms with van der Waals surface area (Å²) in [5.74, 6) is -0.915. The van der Waals surface area contributed by atoms with Crippen molar-refractivity contribution >= 4 is 35.1 Å². The van der Waals surface area contributed by atoms with Crippen LogP contribution >= 0.6 is 23.1 Å². The van der Waals surface area contributed by atoms with E-state index in [0.717, 1.165) is 10.5 Å². The monoisotopic (exact) mass is 468 g/mol. The van der Waals surface area contributed by atoms with E-state index in [1.54, 1.807) is 43.8 Å². The Morgan fingerprint density at radius 3 is 2.62 bits per heavy atom. The van der Waals surface area contributed by atoms with E-state index < -0.39 is 17.8 Å². The van der Waals surface area contributed by atoms with Crippen LogP contribution in [0.4, 0.5) is 4.39 Å². The molecule has 1 atom stereocenters. The van der Waals surface area contributed by atoms with Crippen molar-refractivity contribution in [3.63, 3.8) is 0 Å². The summed E-state index contributed by atoms with van der Waals surface area (Å²) in [6.07, 6.45) is 3.51. The standard InChI is InChI=1S/C24H21FN2O3S2/c1-4-30-23(29)20-14(2)26-24-27(21(20)15-9-11-17(31-3)12-10-15)22(28)19(32-24)13-16-7-5-6-8-18(16)25/h5-13,21H,4H2,1-3H3. The molecular formula is C24H21FN2O3S2. The third-order valence-electron chi connectivity index (χ3n) is 5.14. The van der Waals surface area contributed by atoms with E-state index >= 15 is 0 Å². The Kier molecular flexibility index (Phi) is 6.43. The van der Waals surface area contributed by atoms with Crippen molar-refractivity contribution in [2.24, 2.45) is 4.99 Å². The van der Waals surface area contributed by atoms with Crippen molar-refractivity contribution in [2.45, 2.75) is 24.8 Å². The van der Waals surface area contributed by atoms with Crippen molar-refractivity contribution in [1.29, 1.82) is 0 Å². The molecule has 4 rings (SSSR count). The van der Waals surface area contributed by atoms with Crippen LogP contribution in [-0.2, 0) is 9.53 Å². The molecule has 1 unspecified atom stereocenters. The predicted molar refractivity (Wildman–Crippen MR) is 125 cm³/mol. The molecular weight excluding hydrogens is 447 g/mol. The summed E-state index contributed by atoms with van der Waals surface area (Å²) in [6.45, 7) is 3.69. The van der Waals surface area contributed by atoms with Gasteiger partial charge in [-0.3, -0.25) is 9.36 Å². The molecule has 0 bridgehead atoms. The van der Waals surface area contributed by atoms with Crippen LogP contribution in [0.15, 0.2) is 74.5 Å². The zero-order valence-electron chi connectivity index (χ0n) is 17.8. The van der Waals surface area contributed by atoms with Crippen LogP contribution in [-0.4, -0.2) is 23.4 Å². The molecule has 0 amide bonds. The highest BCUT2D eigenvalue weighted by atomic mass is 32.2. The molecule has 0 spiro atoms. The fraction of sp³-hybridized carbons (Fsp3) is 0.208. The minimum absolute atomic E-state index is 0.214. The van der Waals surface area contributed by atoms with Crippen molar-refractivity contribution in [1.82, 2.24) is 4.57 Å². The van der Waals surface area contributed by atoms with E-state index in [9.17, 15) is 14.0 Å². The molecule has 1 aliphatic rings. The van der Waals surface area contributed by atoms with Crippen LogP contribution in [0.25, 0.3) is 6.08 Å². The van der Waals surface area contributed by atoms with Gasteiger partial charge in [-0.2, -0.15) is 0 Å². The van der Waals surface area contributed by atoms with Gasteiger partial charge in [0.1, 0.15) is 5.82 Å². The highest BCUT2D eigenvalue weighted by Gasteiger charge is 2.33. The van der Waals surface area contributed by atoms with Crippen molar-refractivity contribution in [3.05, 3.63) is 96.4 Å². The van der Waals surface area contributed by atoms with Crippen LogP contribution in [0.1, 0.15) is 31.0 Å². The summed E-state index contributed by atoms with van der Waals surface area (Å²) in [7, 11) is 0. The van der Waals surface area contributed by atoms with Gasteiger partial charge < -0.3 is 4.74 Å². The van der Waals surface area contributed by atoms with Crippen LogP contribution in [0.2, 0.25) is 0 Å². The predicted octanol–water partition coefficient (Wildman–Crippen LogP) is 3.66. The van der Waals surface area contributed by atoms with E-state index in [2.05, 4.69) is 4.99 Å². The lowest BCUT2D eigenvalue weighted by Crippen LogP contribution is -2.39. The molecule has 164 valence electrons. The quantitative estimate of drug-likeness (QED) is 0.424. The number of rotatable bonds is 5. The van der Waals surface area contributed by atoms with E-state index in [4.69, 9.17) is 4.74 Å². The Balaban J connectivity index is 1.96. The third kappa shape index (κ3) is 4.08. The molecule has 32 heavy (non-hydrogen) atoms. The number of carbonyl (C=O) groups excluding carboxylic acids is 1. The number of thioether (sulfide) groups is 1. The first kappa shape index (κ1) is 22.2. The number of hydrogen-bond donors (Lipinski definition) is 0. The second-order valence-electron chi connectivity index (χ2n) is 7.10. The van der Waals surface area contributed by atoms with Gasteiger partial charge in [0.05, 0.1) is 28.5 Å². The molecule has 0 radical (unpaired) electrons. The molecule has 5 nitrogen and oxygen atoms in total. The number of hydrogen-bond acceptors (Lipinski definition) is 6. The Morgan fingerprint density at radius 1 is 1.25 bits per heavy atom. The molecule has 2 aromatic carbocycles. The second kappa shape index (κ2) is 9.26. The van der Waals surface area contributed by atoms with E-state index in [0.29, 0.717) is 26.2 Å². The summed E-state index contributed by atoms with van der Waals surface area (Å²) in [4.78, 5) is 32.4. The maximum atomic E-state index is 14.2. The van der Waals surface area contributed by atoms with Gasteiger partial charge in [0.25, 0.3) is 5.56 Å². The average Bonchev–Trinajstić information content (AvgIpc) is 3.09. The van der Waals surface area contributed by atoms with Crippen LogP contribution in [0.3, 0.4) is 0 Å². The van der Waals surface area contributed by atoms with Crippen molar-refractivity contribution < 1.29 is 13.9 Å². The summed E-state index contributed by atoms with van der Waals surface area (Å²) >= 11 is 2.78. The molecule has 2 heterocycles. The number of esters is 1. The Hall–Kier alpha value is -2.97. The Labute approximate surface area is 192 Å². The minimum atomic E-state index is -0.677. The normalized spacial score (nSPS) is 16.0. The molecule has 1 aliphatic heterocycles. The van der Waals surface area contributed by atoms with Gasteiger partial charge >= 0.3 is 5.97 Å². The largest absolute Gasteiger partial charge is 0.463 e. The van der Waals surface area contributed by atoms with Gasteiger partial charge in [0, 0.05) is 10.5 Å². The lowest BCUT2D eigenvalue weighted by atomic mass is 9.96. The fourth-order valence-corrected chi connectivity index (χ4v) is 5.07. The SMILES string of the molecule is CCOC(=O)C1=C(C)N=c2sc(=Cc3ccccc3F)c(=O)n2C1c1ccc(SC)cc1. The smallest absolute Gasteiger partial charge is 0.338 e. The number of benzene rings is 2. The summed E-state index contributed by atoms with van der Waals surface area (Å²) in [6, 6.07) is 13.3. The lowest BCUT2D eigenvalue weighted by Gasteiger charge is -2.24. The van der Waals surface area contributed by atoms with Gasteiger partial charge in [-0.15, -0.1) is 11.8 Å². The summed E-state index contributed by atoms with van der Waals surface area (Å²) in [5.41, 5.74) is 1.60. The fourth-order valence-electron chi connectivity index (χ4n) is 3.63. The number of aromatic nitrogens is 1. The van der Waals surface area contributed by atoms with Crippen LogP contribution in [0.5, 0.6) is 0 Å². The van der Waals surface area contributed by atoms with Crippen LogP contribution < -0.4 is 14.9 Å². The molecule has 1 aromatic heterocycles. The summed E-state index contributed by atoms with van der Waals surface area (Å²) < 4.78 is 21.3. The maximum Gasteiger partial charge on any atom is 0.338 e. The highest BCUT2D eigenvalue weighted by Crippen LogP contribution is 2.31. The summed E-state index contributed by atoms with van der Waals surface area (Å²) in [5, 5.41) is 0. The average molecular weight is 469 g/mol. The van der Waals surface area contributed by atoms with Gasteiger partial charge in [0.15, 0.2) is 4.80 Å². The number of halogens is 1. The number of fused-ring (bicyclic) bond motifs is 1.